The second-order valence-corrected chi connectivity index (χ2v) is 11.5. The fraction of sp³-hybridized carbons (Fsp3) is 0.567. The molecular formula is C30H47BrN8O8. The third kappa shape index (κ3) is 19.0. The molecule has 9 N–H and O–H groups in total. The van der Waals surface area contributed by atoms with Crippen LogP contribution < -0.4 is 43.0 Å². The number of unbranched alkanes of at least 4 members (excludes halogenated alkanes) is 2. The molecule has 16 nitrogen and oxygen atoms in total. The number of rotatable bonds is 21. The van der Waals surface area contributed by atoms with E-state index in [-0.39, 0.29) is 61.6 Å². The molecule has 0 radical (unpaired) electrons. The van der Waals surface area contributed by atoms with E-state index in [4.69, 9.17) is 10.5 Å². The zero-order valence-electron chi connectivity index (χ0n) is 27.0. The molecule has 0 saturated carbocycles. The number of hydrogen-bond acceptors (Lipinski definition) is 8. The van der Waals surface area contributed by atoms with Gasteiger partial charge in [0.25, 0.3) is 0 Å². The van der Waals surface area contributed by atoms with Gasteiger partial charge in [0.05, 0.1) is 12.0 Å². The Balaban J connectivity index is 2.76. The van der Waals surface area contributed by atoms with Gasteiger partial charge < -0.3 is 47.7 Å². The minimum absolute atomic E-state index is 0.0520. The largest absolute Gasteiger partial charge is 0.445 e. The zero-order valence-corrected chi connectivity index (χ0v) is 28.6. The highest BCUT2D eigenvalue weighted by atomic mass is 79.9. The van der Waals surface area contributed by atoms with Gasteiger partial charge >= 0.3 is 12.1 Å². The van der Waals surface area contributed by atoms with Crippen molar-refractivity contribution in [2.24, 2.45) is 11.7 Å². The van der Waals surface area contributed by atoms with Crippen molar-refractivity contribution in [3.8, 4) is 0 Å². The number of nitrogens with one attached hydrogen (secondary N) is 7. The van der Waals surface area contributed by atoms with Gasteiger partial charge in [-0.2, -0.15) is 0 Å². The highest BCUT2D eigenvalue weighted by molar-refractivity contribution is 9.09. The van der Waals surface area contributed by atoms with Crippen molar-refractivity contribution in [1.29, 1.82) is 0 Å². The summed E-state index contributed by atoms with van der Waals surface area (Å²) in [6.07, 6.45) is 2.00. The van der Waals surface area contributed by atoms with Crippen LogP contribution in [0.3, 0.4) is 0 Å². The number of carbonyl (C=O) groups is 7. The number of anilines is 1. The van der Waals surface area contributed by atoms with Gasteiger partial charge in [-0.05, 0) is 49.3 Å². The lowest BCUT2D eigenvalue weighted by atomic mass is 10.0. The Morgan fingerprint density at radius 2 is 1.49 bits per heavy atom. The van der Waals surface area contributed by atoms with Gasteiger partial charge in [0.15, 0.2) is 0 Å². The summed E-state index contributed by atoms with van der Waals surface area (Å²) in [6.45, 7) is 5.45. The van der Waals surface area contributed by atoms with Crippen LogP contribution in [0.5, 0.6) is 0 Å². The van der Waals surface area contributed by atoms with Crippen LogP contribution in [0, 0.1) is 5.92 Å². The number of urea groups is 1. The molecule has 262 valence electrons. The van der Waals surface area contributed by atoms with E-state index in [1.807, 2.05) is 0 Å². The van der Waals surface area contributed by atoms with Crippen LogP contribution in [-0.2, 0) is 35.3 Å². The fourth-order valence-electron chi connectivity index (χ4n) is 4.05. The van der Waals surface area contributed by atoms with Crippen molar-refractivity contribution in [3.63, 3.8) is 0 Å². The monoisotopic (exact) mass is 726 g/mol. The van der Waals surface area contributed by atoms with E-state index >= 15 is 0 Å². The zero-order chi connectivity index (χ0) is 35.2. The van der Waals surface area contributed by atoms with Crippen molar-refractivity contribution >= 4 is 63.3 Å². The molecule has 0 spiro atoms. The van der Waals surface area contributed by atoms with Gasteiger partial charge in [-0.3, -0.25) is 24.0 Å². The molecule has 8 amide bonds. The van der Waals surface area contributed by atoms with Crippen LogP contribution in [0.2, 0.25) is 0 Å². The molecule has 0 aliphatic heterocycles. The van der Waals surface area contributed by atoms with Gasteiger partial charge in [-0.15, -0.1) is 0 Å². The average molecular weight is 728 g/mol. The topological polar surface area (TPSA) is 239 Å². The number of benzene rings is 1. The molecule has 0 fully saturated rings. The van der Waals surface area contributed by atoms with Crippen LogP contribution in [-0.4, -0.2) is 78.8 Å². The Morgan fingerprint density at radius 3 is 2.11 bits per heavy atom. The third-order valence-corrected chi connectivity index (χ3v) is 7.06. The number of alkyl carbamates (subject to hydrolysis) is 1. The molecule has 0 saturated heterocycles. The maximum atomic E-state index is 13.3. The van der Waals surface area contributed by atoms with Crippen LogP contribution in [0.15, 0.2) is 24.3 Å². The Bertz CT molecular complexity index is 1200. The maximum Gasteiger partial charge on any atom is 0.408 e. The number of halogens is 1. The molecule has 1 aromatic carbocycles. The van der Waals surface area contributed by atoms with E-state index in [1.165, 1.54) is 6.92 Å². The minimum Gasteiger partial charge on any atom is -0.445 e. The Labute approximate surface area is 282 Å². The number of carbonyl (C=O) groups excluding carboxylic acids is 7. The molecule has 1 rings (SSSR count). The predicted molar refractivity (Wildman–Crippen MR) is 178 cm³/mol. The molecule has 0 aromatic heterocycles. The number of primary amides is 1. The van der Waals surface area contributed by atoms with Gasteiger partial charge in [-0.25, -0.2) is 9.59 Å². The SMILES string of the molecule is CC(=O)NCNC(=O)OCc1ccc(NC(=O)[C@H](CCCNC(N)=O)NC(=O)[C@@H](NC(=O)CCCCCNC(=O)CBr)C(C)C)cc1. The standard InChI is InChI=1S/C30H47BrN8O8/c1-19(2)26(39-24(41)9-5-4-6-14-33-25(42)16-31)28(44)38-23(8-7-15-34-29(32)45)27(43)37-22-12-10-21(11-13-22)17-47-30(46)36-18-35-20(3)40/h10-13,19,23,26H,4-9,14-18H2,1-3H3,(H,33,42)(H,35,40)(H,36,46)(H,37,43)(H,38,44)(H,39,41)(H3,32,34,45)/t23-,26-/m0/s1. The smallest absolute Gasteiger partial charge is 0.408 e. The van der Waals surface area contributed by atoms with Crippen molar-refractivity contribution in [2.45, 2.75) is 78.0 Å². The van der Waals surface area contributed by atoms with Gasteiger partial charge in [0.1, 0.15) is 18.7 Å². The summed E-state index contributed by atoms with van der Waals surface area (Å²) in [7, 11) is 0. The highest BCUT2D eigenvalue weighted by Crippen LogP contribution is 2.13. The average Bonchev–Trinajstić information content (AvgIpc) is 3.01. The molecule has 47 heavy (non-hydrogen) atoms. The number of ether oxygens (including phenoxy) is 1. The summed E-state index contributed by atoms with van der Waals surface area (Å²) in [4.78, 5) is 84.1. The number of nitrogens with two attached hydrogens (primary N) is 1. The number of amides is 8. The molecule has 0 aliphatic rings. The van der Waals surface area contributed by atoms with Crippen LogP contribution >= 0.6 is 15.9 Å². The van der Waals surface area contributed by atoms with Crippen molar-refractivity contribution in [2.75, 3.05) is 30.4 Å². The second-order valence-electron chi connectivity index (χ2n) is 10.9. The maximum absolute atomic E-state index is 13.3. The van der Waals surface area contributed by atoms with E-state index in [2.05, 4.69) is 53.1 Å². The van der Waals surface area contributed by atoms with Crippen LogP contribution in [0.1, 0.15) is 64.9 Å². The van der Waals surface area contributed by atoms with Crippen molar-refractivity contribution in [3.05, 3.63) is 29.8 Å². The second kappa shape index (κ2) is 23.0. The summed E-state index contributed by atoms with van der Waals surface area (Å²) in [5.41, 5.74) is 6.18. The predicted octanol–water partition coefficient (Wildman–Crippen LogP) is 1.09. The first kappa shape index (κ1) is 40.6. The van der Waals surface area contributed by atoms with Gasteiger partial charge in [0, 0.05) is 32.1 Å². The fourth-order valence-corrected chi connectivity index (χ4v) is 4.24. The normalized spacial score (nSPS) is 11.8. The molecule has 0 aliphatic carbocycles. The minimum atomic E-state index is -1.000. The summed E-state index contributed by atoms with van der Waals surface area (Å²) < 4.78 is 5.08. The van der Waals surface area contributed by atoms with E-state index in [0.29, 0.717) is 30.6 Å². The van der Waals surface area contributed by atoms with E-state index in [9.17, 15) is 33.6 Å². The molecule has 1 aromatic rings. The first-order chi connectivity index (χ1) is 22.3. The lowest BCUT2D eigenvalue weighted by Crippen LogP contribution is -2.54. The third-order valence-electron chi connectivity index (χ3n) is 6.55. The molecule has 17 heteroatoms. The summed E-state index contributed by atoms with van der Waals surface area (Å²) in [6, 6.07) is 3.89. The highest BCUT2D eigenvalue weighted by Gasteiger charge is 2.28. The molecule has 0 bridgehead atoms. The van der Waals surface area contributed by atoms with Crippen molar-refractivity contribution < 1.29 is 38.3 Å². The number of alkyl halides is 1. The van der Waals surface area contributed by atoms with E-state index in [1.54, 1.807) is 38.1 Å². The van der Waals surface area contributed by atoms with E-state index in [0.717, 1.165) is 12.8 Å². The lowest BCUT2D eigenvalue weighted by molar-refractivity contribution is -0.132. The summed E-state index contributed by atoms with van der Waals surface area (Å²) in [5, 5.41) is 18.4. The Kier molecular flexibility index (Phi) is 19.9. The van der Waals surface area contributed by atoms with Crippen molar-refractivity contribution in [1.82, 2.24) is 31.9 Å². The Morgan fingerprint density at radius 1 is 0.809 bits per heavy atom. The molecular weight excluding hydrogens is 680 g/mol. The molecule has 0 unspecified atom stereocenters. The van der Waals surface area contributed by atoms with Crippen LogP contribution in [0.4, 0.5) is 15.3 Å². The Hall–Kier alpha value is -4.41. The first-order valence-electron chi connectivity index (χ1n) is 15.3. The number of hydrogen-bond donors (Lipinski definition) is 8. The van der Waals surface area contributed by atoms with Crippen LogP contribution in [0.25, 0.3) is 0 Å². The molecule has 0 heterocycles. The summed E-state index contributed by atoms with van der Waals surface area (Å²) in [5.74, 6) is -2.03. The quantitative estimate of drug-likeness (QED) is 0.0517. The van der Waals surface area contributed by atoms with Gasteiger partial charge in [-0.1, -0.05) is 48.3 Å². The van der Waals surface area contributed by atoms with Gasteiger partial charge in [0.2, 0.25) is 29.5 Å². The first-order valence-corrected chi connectivity index (χ1v) is 16.4. The summed E-state index contributed by atoms with van der Waals surface area (Å²) >= 11 is 3.08. The van der Waals surface area contributed by atoms with E-state index < -0.39 is 36.0 Å². The lowest BCUT2D eigenvalue weighted by Gasteiger charge is -2.25. The molecule has 2 atom stereocenters.